The maximum atomic E-state index is 12.1. The van der Waals surface area contributed by atoms with E-state index in [1.54, 1.807) is 18.2 Å². The molecular weight excluding hydrogens is 307 g/mol. The van der Waals surface area contributed by atoms with Crippen LogP contribution in [0.3, 0.4) is 0 Å². The van der Waals surface area contributed by atoms with Crippen LogP contribution in [-0.2, 0) is 0 Å². The molecule has 2 aromatic rings. The van der Waals surface area contributed by atoms with E-state index in [-0.39, 0.29) is 12.4 Å². The summed E-state index contributed by atoms with van der Waals surface area (Å²) in [6.07, 6.45) is 0. The van der Waals surface area contributed by atoms with E-state index in [0.29, 0.717) is 27.3 Å². The lowest BCUT2D eigenvalue weighted by Gasteiger charge is -2.09. The van der Waals surface area contributed by atoms with Crippen molar-refractivity contribution in [2.75, 3.05) is 6.61 Å². The number of ketones is 1. The zero-order chi connectivity index (χ0) is 15.4. The molecule has 0 aliphatic heterocycles. The van der Waals surface area contributed by atoms with E-state index in [1.807, 2.05) is 24.3 Å². The Kier molecular flexibility index (Phi) is 5.27. The van der Waals surface area contributed by atoms with Crippen molar-refractivity contribution in [2.24, 2.45) is 0 Å². The Balaban J connectivity index is 2.02. The van der Waals surface area contributed by atoms with Gasteiger partial charge in [-0.1, -0.05) is 49.2 Å². The Morgan fingerprint density at radius 3 is 2.38 bits per heavy atom. The Labute approximate surface area is 134 Å². The number of hydrogen-bond donors (Lipinski definition) is 0. The second-order valence-corrected chi connectivity index (χ2v) is 5.90. The Morgan fingerprint density at radius 2 is 1.76 bits per heavy atom. The smallest absolute Gasteiger partial charge is 0.201 e. The average molecular weight is 323 g/mol. The zero-order valence-electron chi connectivity index (χ0n) is 11.9. The van der Waals surface area contributed by atoms with Crippen LogP contribution < -0.4 is 4.74 Å². The predicted molar refractivity (Wildman–Crippen MR) is 86.8 cm³/mol. The summed E-state index contributed by atoms with van der Waals surface area (Å²) in [5.41, 5.74) is 1.61. The fraction of sp³-hybridized carbons (Fsp3) is 0.235. The maximum absolute atomic E-state index is 12.1. The fourth-order valence-corrected chi connectivity index (χ4v) is 2.28. The lowest BCUT2D eigenvalue weighted by Crippen LogP contribution is -2.12. The van der Waals surface area contributed by atoms with Gasteiger partial charge in [0.15, 0.2) is 6.61 Å². The minimum absolute atomic E-state index is 0.0684. The van der Waals surface area contributed by atoms with Gasteiger partial charge in [-0.25, -0.2) is 0 Å². The SMILES string of the molecule is CC(C)c1ccc(OCC(=O)c2cc(Cl)ccc2Cl)cc1. The molecule has 0 aliphatic rings. The molecule has 0 amide bonds. The van der Waals surface area contributed by atoms with E-state index in [2.05, 4.69) is 13.8 Å². The van der Waals surface area contributed by atoms with E-state index in [0.717, 1.165) is 0 Å². The van der Waals surface area contributed by atoms with Gasteiger partial charge in [-0.05, 0) is 41.8 Å². The summed E-state index contributed by atoms with van der Waals surface area (Å²) < 4.78 is 5.50. The van der Waals surface area contributed by atoms with E-state index in [9.17, 15) is 4.79 Å². The van der Waals surface area contributed by atoms with Gasteiger partial charge in [0, 0.05) is 10.6 Å². The standard InChI is InChI=1S/C17H16Cl2O2/c1-11(2)12-3-6-14(7-4-12)21-10-17(20)15-9-13(18)5-8-16(15)19/h3-9,11H,10H2,1-2H3. The van der Waals surface area contributed by atoms with Crippen LogP contribution >= 0.6 is 23.2 Å². The lowest BCUT2D eigenvalue weighted by atomic mass is 10.0. The molecule has 0 fully saturated rings. The van der Waals surface area contributed by atoms with Crippen LogP contribution in [0.5, 0.6) is 5.75 Å². The highest BCUT2D eigenvalue weighted by Gasteiger charge is 2.12. The molecule has 2 rings (SSSR count). The molecule has 0 spiro atoms. The summed E-state index contributed by atoms with van der Waals surface area (Å²) in [4.78, 5) is 12.1. The Hall–Kier alpha value is -1.51. The number of rotatable bonds is 5. The van der Waals surface area contributed by atoms with E-state index >= 15 is 0 Å². The molecule has 0 bridgehead atoms. The van der Waals surface area contributed by atoms with E-state index in [1.165, 1.54) is 5.56 Å². The molecule has 110 valence electrons. The molecular formula is C17H16Cl2O2. The van der Waals surface area contributed by atoms with Crippen molar-refractivity contribution in [3.05, 3.63) is 63.6 Å². The molecule has 0 saturated carbocycles. The average Bonchev–Trinajstić information content (AvgIpc) is 2.47. The van der Waals surface area contributed by atoms with E-state index in [4.69, 9.17) is 27.9 Å². The topological polar surface area (TPSA) is 26.3 Å². The van der Waals surface area contributed by atoms with Crippen molar-refractivity contribution in [3.63, 3.8) is 0 Å². The third-order valence-corrected chi connectivity index (χ3v) is 3.71. The minimum Gasteiger partial charge on any atom is -0.485 e. The molecule has 0 unspecified atom stereocenters. The van der Waals surface area contributed by atoms with Crippen LogP contribution in [0.1, 0.15) is 35.7 Å². The second kappa shape index (κ2) is 6.97. The molecule has 2 nitrogen and oxygen atoms in total. The van der Waals surface area contributed by atoms with Crippen molar-refractivity contribution < 1.29 is 9.53 Å². The first kappa shape index (κ1) is 15.9. The highest BCUT2D eigenvalue weighted by molar-refractivity contribution is 6.35. The molecule has 21 heavy (non-hydrogen) atoms. The summed E-state index contributed by atoms with van der Waals surface area (Å²) in [6, 6.07) is 12.5. The molecule has 0 heterocycles. The summed E-state index contributed by atoms with van der Waals surface area (Å²) >= 11 is 11.9. The third kappa shape index (κ3) is 4.23. The maximum Gasteiger partial charge on any atom is 0.201 e. The highest BCUT2D eigenvalue weighted by atomic mass is 35.5. The van der Waals surface area contributed by atoms with Gasteiger partial charge < -0.3 is 4.74 Å². The number of halogens is 2. The number of carbonyl (C=O) groups excluding carboxylic acids is 1. The summed E-state index contributed by atoms with van der Waals surface area (Å²) in [5, 5.41) is 0.854. The molecule has 0 aliphatic carbocycles. The van der Waals surface area contributed by atoms with Crippen LogP contribution in [0, 0.1) is 0 Å². The summed E-state index contributed by atoms with van der Waals surface area (Å²) in [5.74, 6) is 0.923. The van der Waals surface area contributed by atoms with Crippen LogP contribution in [0.2, 0.25) is 10.0 Å². The minimum atomic E-state index is -0.199. The summed E-state index contributed by atoms with van der Waals surface area (Å²) in [7, 11) is 0. The number of Topliss-reactive ketones (excluding diaryl/α,β-unsaturated/α-hetero) is 1. The van der Waals surface area contributed by atoms with Crippen LogP contribution in [0.4, 0.5) is 0 Å². The fourth-order valence-electron chi connectivity index (χ4n) is 1.89. The number of benzene rings is 2. The Morgan fingerprint density at radius 1 is 1.10 bits per heavy atom. The van der Waals surface area contributed by atoms with Gasteiger partial charge in [0.25, 0.3) is 0 Å². The third-order valence-electron chi connectivity index (χ3n) is 3.15. The molecule has 0 atom stereocenters. The first-order valence-electron chi connectivity index (χ1n) is 6.68. The first-order chi connectivity index (χ1) is 9.97. The van der Waals surface area contributed by atoms with Gasteiger partial charge in [0.05, 0.1) is 5.02 Å². The zero-order valence-corrected chi connectivity index (χ0v) is 13.4. The van der Waals surface area contributed by atoms with Crippen LogP contribution in [-0.4, -0.2) is 12.4 Å². The molecule has 0 radical (unpaired) electrons. The highest BCUT2D eigenvalue weighted by Crippen LogP contribution is 2.22. The first-order valence-corrected chi connectivity index (χ1v) is 7.44. The molecule has 0 saturated heterocycles. The van der Waals surface area contributed by atoms with Crippen LogP contribution in [0.25, 0.3) is 0 Å². The van der Waals surface area contributed by atoms with Crippen molar-refractivity contribution in [1.29, 1.82) is 0 Å². The normalized spacial score (nSPS) is 10.7. The monoisotopic (exact) mass is 322 g/mol. The number of hydrogen-bond acceptors (Lipinski definition) is 2. The molecule has 2 aromatic carbocycles. The molecule has 0 aromatic heterocycles. The van der Waals surface area contributed by atoms with Crippen molar-refractivity contribution in [2.45, 2.75) is 19.8 Å². The lowest BCUT2D eigenvalue weighted by molar-refractivity contribution is 0.0921. The van der Waals surface area contributed by atoms with E-state index < -0.39 is 0 Å². The van der Waals surface area contributed by atoms with Crippen molar-refractivity contribution in [3.8, 4) is 5.75 Å². The van der Waals surface area contributed by atoms with Crippen molar-refractivity contribution >= 4 is 29.0 Å². The van der Waals surface area contributed by atoms with Gasteiger partial charge in [-0.2, -0.15) is 0 Å². The Bertz CT molecular complexity index is 634. The van der Waals surface area contributed by atoms with Crippen molar-refractivity contribution in [1.82, 2.24) is 0 Å². The van der Waals surface area contributed by atoms with Crippen LogP contribution in [0.15, 0.2) is 42.5 Å². The van der Waals surface area contributed by atoms with Gasteiger partial charge in [0.2, 0.25) is 5.78 Å². The van der Waals surface area contributed by atoms with Gasteiger partial charge >= 0.3 is 0 Å². The molecule has 0 N–H and O–H groups in total. The number of ether oxygens (including phenoxy) is 1. The largest absolute Gasteiger partial charge is 0.485 e. The van der Waals surface area contributed by atoms with Gasteiger partial charge in [-0.15, -0.1) is 0 Å². The predicted octanol–water partition coefficient (Wildman–Crippen LogP) is 5.38. The number of carbonyl (C=O) groups is 1. The quantitative estimate of drug-likeness (QED) is 0.691. The van der Waals surface area contributed by atoms with Gasteiger partial charge in [-0.3, -0.25) is 4.79 Å². The molecule has 4 heteroatoms. The van der Waals surface area contributed by atoms with Gasteiger partial charge in [0.1, 0.15) is 5.75 Å². The summed E-state index contributed by atoms with van der Waals surface area (Å²) in [6.45, 7) is 4.18. The second-order valence-electron chi connectivity index (χ2n) is 5.06.